The van der Waals surface area contributed by atoms with Gasteiger partial charge < -0.3 is 9.88 Å². The van der Waals surface area contributed by atoms with E-state index in [9.17, 15) is 0 Å². The van der Waals surface area contributed by atoms with Crippen LogP contribution in [0.5, 0.6) is 0 Å². The van der Waals surface area contributed by atoms with E-state index in [0.29, 0.717) is 6.04 Å². The molecule has 0 spiro atoms. The summed E-state index contributed by atoms with van der Waals surface area (Å²) in [5.41, 5.74) is 1.18. The highest BCUT2D eigenvalue weighted by Crippen LogP contribution is 2.17. The van der Waals surface area contributed by atoms with Crippen LogP contribution in [0, 0.1) is 0 Å². The molecular formula is C12H23N3. The van der Waals surface area contributed by atoms with Gasteiger partial charge in [0.15, 0.2) is 0 Å². The second kappa shape index (κ2) is 6.62. The summed E-state index contributed by atoms with van der Waals surface area (Å²) in [5.74, 6) is 0. The number of hydrogen-bond donors (Lipinski definition) is 1. The van der Waals surface area contributed by atoms with E-state index in [0.717, 1.165) is 6.54 Å². The monoisotopic (exact) mass is 209 g/mol. The lowest BCUT2D eigenvalue weighted by atomic mass is 10.1. The quantitative estimate of drug-likeness (QED) is 0.748. The van der Waals surface area contributed by atoms with Crippen LogP contribution < -0.4 is 5.32 Å². The van der Waals surface area contributed by atoms with Gasteiger partial charge in [0.25, 0.3) is 0 Å². The molecule has 0 amide bonds. The predicted molar refractivity (Wildman–Crippen MR) is 63.8 cm³/mol. The summed E-state index contributed by atoms with van der Waals surface area (Å²) in [6.07, 6.45) is 8.86. The van der Waals surface area contributed by atoms with Crippen LogP contribution in [0.4, 0.5) is 0 Å². The molecule has 0 radical (unpaired) electrons. The highest BCUT2D eigenvalue weighted by molar-refractivity contribution is 5.03. The summed E-state index contributed by atoms with van der Waals surface area (Å²) >= 11 is 0. The molecule has 3 nitrogen and oxygen atoms in total. The van der Waals surface area contributed by atoms with E-state index in [1.165, 1.54) is 31.4 Å². The van der Waals surface area contributed by atoms with E-state index in [1.807, 2.05) is 17.9 Å². The molecule has 1 aromatic rings. The van der Waals surface area contributed by atoms with Crippen molar-refractivity contribution in [2.24, 2.45) is 7.05 Å². The third-order valence-corrected chi connectivity index (χ3v) is 2.57. The van der Waals surface area contributed by atoms with Gasteiger partial charge in [-0.25, -0.2) is 4.98 Å². The van der Waals surface area contributed by atoms with E-state index < -0.39 is 0 Å². The molecule has 1 unspecified atom stereocenters. The van der Waals surface area contributed by atoms with Crippen molar-refractivity contribution < 1.29 is 0 Å². The largest absolute Gasteiger partial charge is 0.340 e. The van der Waals surface area contributed by atoms with Gasteiger partial charge in [-0.05, 0) is 19.4 Å². The van der Waals surface area contributed by atoms with Crippen molar-refractivity contribution in [2.75, 3.05) is 6.54 Å². The molecule has 0 saturated carbocycles. The van der Waals surface area contributed by atoms with Gasteiger partial charge in [0.05, 0.1) is 18.1 Å². The fourth-order valence-electron chi connectivity index (χ4n) is 1.69. The first kappa shape index (κ1) is 12.2. The molecule has 1 heterocycles. The zero-order valence-electron chi connectivity index (χ0n) is 10.2. The van der Waals surface area contributed by atoms with Crippen molar-refractivity contribution in [3.63, 3.8) is 0 Å². The zero-order valence-corrected chi connectivity index (χ0v) is 10.2. The van der Waals surface area contributed by atoms with Gasteiger partial charge in [0.2, 0.25) is 0 Å². The molecule has 0 aliphatic carbocycles. The molecule has 1 aromatic heterocycles. The topological polar surface area (TPSA) is 29.9 Å². The average molecular weight is 209 g/mol. The van der Waals surface area contributed by atoms with Crippen molar-refractivity contribution in [3.05, 3.63) is 18.2 Å². The molecule has 1 N–H and O–H groups in total. The number of aromatic nitrogens is 2. The van der Waals surface area contributed by atoms with Crippen molar-refractivity contribution >= 4 is 0 Å². The van der Waals surface area contributed by atoms with Crippen LogP contribution in [0.2, 0.25) is 0 Å². The van der Waals surface area contributed by atoms with Crippen molar-refractivity contribution in [3.8, 4) is 0 Å². The minimum Gasteiger partial charge on any atom is -0.340 e. The van der Waals surface area contributed by atoms with Crippen molar-refractivity contribution in [1.29, 1.82) is 0 Å². The summed E-state index contributed by atoms with van der Waals surface area (Å²) in [6.45, 7) is 5.50. The van der Waals surface area contributed by atoms with E-state index in [1.54, 1.807) is 0 Å². The lowest BCUT2D eigenvalue weighted by Crippen LogP contribution is -2.22. The van der Waals surface area contributed by atoms with Crippen molar-refractivity contribution in [2.45, 2.75) is 45.6 Å². The van der Waals surface area contributed by atoms with Gasteiger partial charge in [-0.15, -0.1) is 0 Å². The van der Waals surface area contributed by atoms with E-state index in [2.05, 4.69) is 30.3 Å². The maximum absolute atomic E-state index is 4.42. The second-order valence-corrected chi connectivity index (χ2v) is 4.11. The lowest BCUT2D eigenvalue weighted by Gasteiger charge is -2.15. The first-order valence-electron chi connectivity index (χ1n) is 5.99. The Morgan fingerprint density at radius 2 is 2.20 bits per heavy atom. The van der Waals surface area contributed by atoms with Gasteiger partial charge in [-0.1, -0.05) is 26.7 Å². The molecule has 0 fully saturated rings. The molecule has 1 rings (SSSR count). The maximum atomic E-state index is 4.42. The number of aryl methyl sites for hydroxylation is 1. The van der Waals surface area contributed by atoms with Crippen LogP contribution in [0.15, 0.2) is 12.5 Å². The standard InChI is InChI=1S/C12H23N3/c1-4-6-7-11(13-8-5-2)12-9-15(3)10-14-12/h9-11,13H,4-8H2,1-3H3. The summed E-state index contributed by atoms with van der Waals surface area (Å²) in [5, 5.41) is 3.56. The van der Waals surface area contributed by atoms with Gasteiger partial charge in [-0.3, -0.25) is 0 Å². The molecule has 0 saturated heterocycles. The Balaban J connectivity index is 2.54. The number of hydrogen-bond acceptors (Lipinski definition) is 2. The smallest absolute Gasteiger partial charge is 0.0947 e. The first-order chi connectivity index (χ1) is 7.27. The van der Waals surface area contributed by atoms with Crippen LogP contribution in [0.3, 0.4) is 0 Å². The minimum absolute atomic E-state index is 0.436. The lowest BCUT2D eigenvalue weighted by molar-refractivity contribution is 0.473. The summed E-state index contributed by atoms with van der Waals surface area (Å²) in [4.78, 5) is 4.42. The van der Waals surface area contributed by atoms with Gasteiger partial charge in [0.1, 0.15) is 0 Å². The normalized spacial score (nSPS) is 13.0. The fourth-order valence-corrected chi connectivity index (χ4v) is 1.69. The van der Waals surface area contributed by atoms with E-state index in [-0.39, 0.29) is 0 Å². The second-order valence-electron chi connectivity index (χ2n) is 4.11. The summed E-state index contributed by atoms with van der Waals surface area (Å²) in [7, 11) is 2.02. The molecule has 0 aromatic carbocycles. The Labute approximate surface area is 92.9 Å². The SMILES string of the molecule is CCCCC(NCCC)c1cn(C)cn1. The number of nitrogens with zero attached hydrogens (tertiary/aromatic N) is 2. The van der Waals surface area contributed by atoms with Crippen LogP contribution in [-0.4, -0.2) is 16.1 Å². The van der Waals surface area contributed by atoms with Crippen LogP contribution in [0.1, 0.15) is 51.3 Å². The first-order valence-corrected chi connectivity index (χ1v) is 5.99. The molecule has 0 bridgehead atoms. The third kappa shape index (κ3) is 4.04. The fraction of sp³-hybridized carbons (Fsp3) is 0.750. The maximum Gasteiger partial charge on any atom is 0.0947 e. The number of rotatable bonds is 7. The zero-order chi connectivity index (χ0) is 11.1. The number of imidazole rings is 1. The molecule has 0 aliphatic heterocycles. The Morgan fingerprint density at radius 3 is 2.73 bits per heavy atom. The predicted octanol–water partition coefficient (Wildman–Crippen LogP) is 2.65. The summed E-state index contributed by atoms with van der Waals surface area (Å²) in [6, 6.07) is 0.436. The Kier molecular flexibility index (Phi) is 5.40. The third-order valence-electron chi connectivity index (χ3n) is 2.57. The highest BCUT2D eigenvalue weighted by atomic mass is 15.0. The van der Waals surface area contributed by atoms with Gasteiger partial charge in [0, 0.05) is 13.2 Å². The Hall–Kier alpha value is -0.830. The van der Waals surface area contributed by atoms with Gasteiger partial charge in [-0.2, -0.15) is 0 Å². The molecular weight excluding hydrogens is 186 g/mol. The van der Waals surface area contributed by atoms with Crippen LogP contribution >= 0.6 is 0 Å². The van der Waals surface area contributed by atoms with Crippen LogP contribution in [-0.2, 0) is 7.05 Å². The minimum atomic E-state index is 0.436. The van der Waals surface area contributed by atoms with Gasteiger partial charge >= 0.3 is 0 Å². The molecule has 1 atom stereocenters. The van der Waals surface area contributed by atoms with E-state index in [4.69, 9.17) is 0 Å². The highest BCUT2D eigenvalue weighted by Gasteiger charge is 2.11. The Bertz CT molecular complexity index is 260. The summed E-state index contributed by atoms with van der Waals surface area (Å²) < 4.78 is 2.02. The average Bonchev–Trinajstić information content (AvgIpc) is 2.65. The molecule has 86 valence electrons. The molecule has 3 heteroatoms. The van der Waals surface area contributed by atoms with E-state index >= 15 is 0 Å². The number of unbranched alkanes of at least 4 members (excludes halogenated alkanes) is 1. The van der Waals surface area contributed by atoms with Crippen molar-refractivity contribution in [1.82, 2.24) is 14.9 Å². The number of nitrogens with one attached hydrogen (secondary N) is 1. The Morgan fingerprint density at radius 1 is 1.40 bits per heavy atom. The molecule has 15 heavy (non-hydrogen) atoms. The molecule has 0 aliphatic rings. The van der Waals surface area contributed by atoms with Crippen LogP contribution in [0.25, 0.3) is 0 Å².